The standard InChI is InChI=1S/C5H12OS2/c1-2-5(6)8-4-3-7/h5-7H,2-4H2,1H3. The average molecular weight is 152 g/mol. The van der Waals surface area contributed by atoms with Gasteiger partial charge in [0.25, 0.3) is 0 Å². The van der Waals surface area contributed by atoms with E-state index in [1.165, 1.54) is 0 Å². The summed E-state index contributed by atoms with van der Waals surface area (Å²) in [5.41, 5.74) is -0.179. The first-order chi connectivity index (χ1) is 3.81. The minimum Gasteiger partial charge on any atom is -0.382 e. The maximum atomic E-state index is 8.92. The molecule has 0 rings (SSSR count). The Labute approximate surface area is 60.3 Å². The maximum Gasteiger partial charge on any atom is 0.0990 e. The van der Waals surface area contributed by atoms with Crippen molar-refractivity contribution < 1.29 is 5.11 Å². The third-order valence-corrected chi connectivity index (χ3v) is 2.43. The Morgan fingerprint density at radius 3 is 2.75 bits per heavy atom. The molecule has 0 bridgehead atoms. The molecule has 0 aliphatic carbocycles. The van der Waals surface area contributed by atoms with Crippen molar-refractivity contribution in [1.29, 1.82) is 0 Å². The van der Waals surface area contributed by atoms with E-state index in [9.17, 15) is 0 Å². The predicted molar refractivity (Wildman–Crippen MR) is 42.6 cm³/mol. The molecule has 0 saturated heterocycles. The molecule has 0 aromatic carbocycles. The minimum absolute atomic E-state index is 0.179. The summed E-state index contributed by atoms with van der Waals surface area (Å²) >= 11 is 5.56. The molecule has 0 aliphatic rings. The molecule has 50 valence electrons. The number of thiol groups is 1. The Bertz CT molecular complexity index is 49.7. The summed E-state index contributed by atoms with van der Waals surface area (Å²) in [6.45, 7) is 1.97. The van der Waals surface area contributed by atoms with Gasteiger partial charge in [-0.25, -0.2) is 0 Å². The molecule has 3 heteroatoms. The van der Waals surface area contributed by atoms with E-state index in [4.69, 9.17) is 5.11 Å². The zero-order chi connectivity index (χ0) is 6.41. The normalized spacial score (nSPS) is 13.9. The van der Waals surface area contributed by atoms with Crippen molar-refractivity contribution in [3.8, 4) is 0 Å². The summed E-state index contributed by atoms with van der Waals surface area (Å²) in [4.78, 5) is 0. The number of rotatable bonds is 4. The molecular formula is C5H12OS2. The van der Waals surface area contributed by atoms with Crippen LogP contribution in [0.25, 0.3) is 0 Å². The number of hydrogen-bond donors (Lipinski definition) is 2. The van der Waals surface area contributed by atoms with Crippen molar-refractivity contribution in [3.63, 3.8) is 0 Å². The highest BCUT2D eigenvalue weighted by molar-refractivity contribution is 8.00. The van der Waals surface area contributed by atoms with Crippen LogP contribution >= 0.6 is 24.4 Å². The van der Waals surface area contributed by atoms with Crippen molar-refractivity contribution in [2.45, 2.75) is 18.8 Å². The molecule has 1 nitrogen and oxygen atoms in total. The molecular weight excluding hydrogens is 140 g/mol. The summed E-state index contributed by atoms with van der Waals surface area (Å²) in [5, 5.41) is 8.92. The second-order valence-corrected chi connectivity index (χ2v) is 3.19. The van der Waals surface area contributed by atoms with Gasteiger partial charge < -0.3 is 5.11 Å². The Morgan fingerprint density at radius 1 is 1.75 bits per heavy atom. The molecule has 1 unspecified atom stereocenters. The van der Waals surface area contributed by atoms with Gasteiger partial charge in [-0.15, -0.1) is 11.8 Å². The lowest BCUT2D eigenvalue weighted by Crippen LogP contribution is -1.98. The Morgan fingerprint density at radius 2 is 2.38 bits per heavy atom. The maximum absolute atomic E-state index is 8.92. The van der Waals surface area contributed by atoms with Crippen LogP contribution in [0.4, 0.5) is 0 Å². The lowest BCUT2D eigenvalue weighted by molar-refractivity contribution is 0.259. The summed E-state index contributed by atoms with van der Waals surface area (Å²) < 4.78 is 0. The quantitative estimate of drug-likeness (QED) is 0.469. The van der Waals surface area contributed by atoms with Crippen molar-refractivity contribution in [2.75, 3.05) is 11.5 Å². The van der Waals surface area contributed by atoms with E-state index < -0.39 is 0 Å². The second-order valence-electron chi connectivity index (χ2n) is 1.46. The highest BCUT2D eigenvalue weighted by atomic mass is 32.2. The van der Waals surface area contributed by atoms with Crippen LogP contribution in [-0.4, -0.2) is 22.0 Å². The number of aliphatic hydroxyl groups is 1. The Hall–Kier alpha value is 0.660. The van der Waals surface area contributed by atoms with Crippen molar-refractivity contribution in [3.05, 3.63) is 0 Å². The number of aliphatic hydroxyl groups excluding tert-OH is 1. The summed E-state index contributed by atoms with van der Waals surface area (Å²) in [6.07, 6.45) is 0.832. The topological polar surface area (TPSA) is 20.2 Å². The third kappa shape index (κ3) is 4.81. The van der Waals surface area contributed by atoms with Crippen LogP contribution in [0.3, 0.4) is 0 Å². The smallest absolute Gasteiger partial charge is 0.0990 e. The van der Waals surface area contributed by atoms with E-state index >= 15 is 0 Å². The molecule has 8 heavy (non-hydrogen) atoms. The summed E-state index contributed by atoms with van der Waals surface area (Å²) in [6, 6.07) is 0. The molecule has 0 aromatic rings. The SMILES string of the molecule is CCC(O)SCCS. The zero-order valence-corrected chi connectivity index (χ0v) is 6.71. The Balaban J connectivity index is 2.86. The van der Waals surface area contributed by atoms with E-state index in [-0.39, 0.29) is 5.44 Å². The molecule has 0 fully saturated rings. The lowest BCUT2D eigenvalue weighted by atomic mass is 10.5. The molecule has 0 aromatic heterocycles. The van der Waals surface area contributed by atoms with Gasteiger partial charge in [-0.3, -0.25) is 0 Å². The summed E-state index contributed by atoms with van der Waals surface area (Å²) in [7, 11) is 0. The summed E-state index contributed by atoms with van der Waals surface area (Å²) in [5.74, 6) is 1.79. The number of thioether (sulfide) groups is 1. The van der Waals surface area contributed by atoms with Gasteiger partial charge in [-0.2, -0.15) is 12.6 Å². The van der Waals surface area contributed by atoms with Crippen LogP contribution in [0.5, 0.6) is 0 Å². The van der Waals surface area contributed by atoms with Gasteiger partial charge in [0, 0.05) is 5.75 Å². The van der Waals surface area contributed by atoms with Gasteiger partial charge in [0.15, 0.2) is 0 Å². The van der Waals surface area contributed by atoms with Crippen LogP contribution < -0.4 is 0 Å². The van der Waals surface area contributed by atoms with Gasteiger partial charge in [0.05, 0.1) is 5.44 Å². The molecule has 0 saturated carbocycles. The molecule has 0 spiro atoms. The monoisotopic (exact) mass is 152 g/mol. The van der Waals surface area contributed by atoms with E-state index in [2.05, 4.69) is 12.6 Å². The number of hydrogen-bond acceptors (Lipinski definition) is 3. The van der Waals surface area contributed by atoms with Crippen LogP contribution in [-0.2, 0) is 0 Å². The molecule has 1 N–H and O–H groups in total. The fraction of sp³-hybridized carbons (Fsp3) is 1.00. The lowest BCUT2D eigenvalue weighted by Gasteiger charge is -2.03. The van der Waals surface area contributed by atoms with E-state index in [0.717, 1.165) is 17.9 Å². The highest BCUT2D eigenvalue weighted by Gasteiger charge is 1.96. The van der Waals surface area contributed by atoms with Crippen LogP contribution in [0, 0.1) is 0 Å². The van der Waals surface area contributed by atoms with Gasteiger partial charge in [0.2, 0.25) is 0 Å². The van der Waals surface area contributed by atoms with Gasteiger partial charge in [-0.05, 0) is 12.2 Å². The van der Waals surface area contributed by atoms with Gasteiger partial charge >= 0.3 is 0 Å². The van der Waals surface area contributed by atoms with E-state index in [0.29, 0.717) is 0 Å². The van der Waals surface area contributed by atoms with Crippen LogP contribution in [0.2, 0.25) is 0 Å². The molecule has 1 atom stereocenters. The largest absolute Gasteiger partial charge is 0.382 e. The third-order valence-electron chi connectivity index (χ3n) is 0.751. The highest BCUT2D eigenvalue weighted by Crippen LogP contribution is 2.10. The zero-order valence-electron chi connectivity index (χ0n) is 5.00. The first kappa shape index (κ1) is 8.66. The molecule has 0 aliphatic heterocycles. The predicted octanol–water partition coefficient (Wildman–Crippen LogP) is 1.38. The van der Waals surface area contributed by atoms with E-state index in [1.54, 1.807) is 11.8 Å². The molecule has 0 amide bonds. The fourth-order valence-electron chi connectivity index (χ4n) is 0.307. The van der Waals surface area contributed by atoms with Crippen molar-refractivity contribution in [2.24, 2.45) is 0 Å². The molecule has 0 radical (unpaired) electrons. The van der Waals surface area contributed by atoms with Crippen molar-refractivity contribution >= 4 is 24.4 Å². The fourth-order valence-corrected chi connectivity index (χ4v) is 1.24. The Kier molecular flexibility index (Phi) is 6.27. The van der Waals surface area contributed by atoms with E-state index in [1.807, 2.05) is 6.92 Å². The van der Waals surface area contributed by atoms with Crippen molar-refractivity contribution in [1.82, 2.24) is 0 Å². The first-order valence-electron chi connectivity index (χ1n) is 2.71. The minimum atomic E-state index is -0.179. The molecule has 0 heterocycles. The van der Waals surface area contributed by atoms with Gasteiger partial charge in [0.1, 0.15) is 0 Å². The second kappa shape index (κ2) is 5.79. The van der Waals surface area contributed by atoms with Crippen LogP contribution in [0.15, 0.2) is 0 Å². The van der Waals surface area contributed by atoms with Crippen LogP contribution in [0.1, 0.15) is 13.3 Å². The first-order valence-corrected chi connectivity index (χ1v) is 4.40. The van der Waals surface area contributed by atoms with Gasteiger partial charge in [-0.1, -0.05) is 6.92 Å². The average Bonchev–Trinajstić information content (AvgIpc) is 1.83.